The van der Waals surface area contributed by atoms with Gasteiger partial charge in [0.2, 0.25) is 0 Å². The second-order valence-electron chi connectivity index (χ2n) is 3.66. The third-order valence-corrected chi connectivity index (χ3v) is 2.21. The van der Waals surface area contributed by atoms with Crippen LogP contribution >= 0.6 is 0 Å². The summed E-state index contributed by atoms with van der Waals surface area (Å²) < 4.78 is 1.68. The molecular formula is C10H16N4O3. The van der Waals surface area contributed by atoms with E-state index >= 15 is 0 Å². The van der Waals surface area contributed by atoms with Gasteiger partial charge >= 0.3 is 12.0 Å². The maximum atomic E-state index is 11.4. The molecule has 7 nitrogen and oxygen atoms in total. The summed E-state index contributed by atoms with van der Waals surface area (Å²) in [6.45, 7) is 4.27. The summed E-state index contributed by atoms with van der Waals surface area (Å²) in [6.07, 6.45) is 3.23. The zero-order valence-electron chi connectivity index (χ0n) is 9.80. The number of anilines is 1. The van der Waals surface area contributed by atoms with E-state index in [-0.39, 0.29) is 6.54 Å². The first-order valence-corrected chi connectivity index (χ1v) is 5.33. The van der Waals surface area contributed by atoms with Crippen LogP contribution in [0.15, 0.2) is 12.4 Å². The number of nitrogens with one attached hydrogen (secondary N) is 2. The quantitative estimate of drug-likeness (QED) is 0.707. The molecule has 0 bridgehead atoms. The molecule has 0 saturated carbocycles. The molecule has 0 spiro atoms. The van der Waals surface area contributed by atoms with E-state index in [2.05, 4.69) is 15.7 Å². The van der Waals surface area contributed by atoms with Crippen molar-refractivity contribution in [2.75, 3.05) is 11.9 Å². The molecule has 1 heterocycles. The standard InChI is InChI=1S/C10H16N4O3/c1-3-14-6-8(5-12-14)13-10(17)11-4-7(2)9(15)16/h5-7H,3-4H2,1-2H3,(H,15,16)(H2,11,13,17). The first-order chi connectivity index (χ1) is 8.02. The van der Waals surface area contributed by atoms with Gasteiger partial charge < -0.3 is 15.7 Å². The lowest BCUT2D eigenvalue weighted by atomic mass is 10.2. The largest absolute Gasteiger partial charge is 0.481 e. The van der Waals surface area contributed by atoms with Gasteiger partial charge in [0.1, 0.15) is 0 Å². The van der Waals surface area contributed by atoms with Gasteiger partial charge in [-0.15, -0.1) is 0 Å². The Balaban J connectivity index is 2.37. The van der Waals surface area contributed by atoms with E-state index in [1.54, 1.807) is 10.9 Å². The van der Waals surface area contributed by atoms with Crippen LogP contribution in [0.2, 0.25) is 0 Å². The third kappa shape index (κ3) is 4.13. The van der Waals surface area contributed by atoms with Crippen LogP contribution < -0.4 is 10.6 Å². The molecule has 0 aliphatic carbocycles. The molecule has 7 heteroatoms. The summed E-state index contributed by atoms with van der Waals surface area (Å²) in [5.41, 5.74) is 0.576. The van der Waals surface area contributed by atoms with Gasteiger partial charge in [-0.2, -0.15) is 5.10 Å². The summed E-state index contributed by atoms with van der Waals surface area (Å²) in [5.74, 6) is -1.55. The molecule has 0 aliphatic heterocycles. The molecule has 0 aromatic carbocycles. The number of carboxylic acids is 1. The lowest BCUT2D eigenvalue weighted by Gasteiger charge is -2.08. The van der Waals surface area contributed by atoms with E-state index in [1.807, 2.05) is 6.92 Å². The molecule has 94 valence electrons. The fraction of sp³-hybridized carbons (Fsp3) is 0.500. The molecule has 0 fully saturated rings. The van der Waals surface area contributed by atoms with Crippen molar-refractivity contribution in [3.8, 4) is 0 Å². The summed E-state index contributed by atoms with van der Waals surface area (Å²) in [5, 5.41) is 17.7. The highest BCUT2D eigenvalue weighted by Crippen LogP contribution is 2.04. The van der Waals surface area contributed by atoms with Crippen LogP contribution in [0, 0.1) is 5.92 Å². The molecule has 2 amide bonds. The first-order valence-electron chi connectivity index (χ1n) is 5.33. The van der Waals surface area contributed by atoms with Gasteiger partial charge in [-0.25, -0.2) is 4.79 Å². The summed E-state index contributed by atoms with van der Waals surface area (Å²) in [7, 11) is 0. The Morgan fingerprint density at radius 2 is 2.29 bits per heavy atom. The van der Waals surface area contributed by atoms with Crippen molar-refractivity contribution in [1.29, 1.82) is 0 Å². The van der Waals surface area contributed by atoms with Gasteiger partial charge in [-0.3, -0.25) is 9.48 Å². The van der Waals surface area contributed by atoms with Crippen LogP contribution in [-0.2, 0) is 11.3 Å². The summed E-state index contributed by atoms with van der Waals surface area (Å²) in [6, 6.07) is -0.436. The second-order valence-corrected chi connectivity index (χ2v) is 3.66. The van der Waals surface area contributed by atoms with Gasteiger partial charge in [-0.1, -0.05) is 6.92 Å². The number of amides is 2. The van der Waals surface area contributed by atoms with Crippen LogP contribution in [0.3, 0.4) is 0 Å². The average molecular weight is 240 g/mol. The fourth-order valence-corrected chi connectivity index (χ4v) is 1.11. The maximum Gasteiger partial charge on any atom is 0.319 e. The number of hydrogen-bond acceptors (Lipinski definition) is 3. The van der Waals surface area contributed by atoms with Crippen LogP contribution in [0.4, 0.5) is 10.5 Å². The van der Waals surface area contributed by atoms with Crippen molar-refractivity contribution in [1.82, 2.24) is 15.1 Å². The van der Waals surface area contributed by atoms with Crippen LogP contribution in [-0.4, -0.2) is 33.4 Å². The number of rotatable bonds is 5. The van der Waals surface area contributed by atoms with Crippen molar-refractivity contribution in [3.05, 3.63) is 12.4 Å². The minimum absolute atomic E-state index is 0.0864. The van der Waals surface area contributed by atoms with Gasteiger partial charge in [-0.05, 0) is 6.92 Å². The molecule has 0 aliphatic rings. The van der Waals surface area contributed by atoms with Gasteiger partial charge in [0.15, 0.2) is 0 Å². The third-order valence-electron chi connectivity index (χ3n) is 2.21. The maximum absolute atomic E-state index is 11.4. The Morgan fingerprint density at radius 3 is 2.82 bits per heavy atom. The molecule has 0 saturated heterocycles. The number of hydrogen-bond donors (Lipinski definition) is 3. The molecule has 0 radical (unpaired) electrons. The molecule has 17 heavy (non-hydrogen) atoms. The van der Waals surface area contributed by atoms with Crippen molar-refractivity contribution < 1.29 is 14.7 Å². The number of nitrogens with zero attached hydrogens (tertiary/aromatic N) is 2. The molecule has 3 N–H and O–H groups in total. The van der Waals surface area contributed by atoms with Crippen molar-refractivity contribution in [3.63, 3.8) is 0 Å². The van der Waals surface area contributed by atoms with E-state index in [9.17, 15) is 9.59 Å². The predicted molar refractivity (Wildman–Crippen MR) is 61.7 cm³/mol. The zero-order valence-corrected chi connectivity index (χ0v) is 9.80. The molecule has 1 aromatic heterocycles. The minimum atomic E-state index is -0.941. The zero-order chi connectivity index (χ0) is 12.8. The SMILES string of the molecule is CCn1cc(NC(=O)NCC(C)C(=O)O)cn1. The number of aromatic nitrogens is 2. The highest BCUT2D eigenvalue weighted by Gasteiger charge is 2.12. The second kappa shape index (κ2) is 5.88. The average Bonchev–Trinajstić information content (AvgIpc) is 2.73. The minimum Gasteiger partial charge on any atom is -0.481 e. The highest BCUT2D eigenvalue weighted by atomic mass is 16.4. The first kappa shape index (κ1) is 13.0. The smallest absolute Gasteiger partial charge is 0.319 e. The Hall–Kier alpha value is -2.05. The summed E-state index contributed by atoms with van der Waals surface area (Å²) in [4.78, 5) is 21.9. The molecule has 1 aromatic rings. The van der Waals surface area contributed by atoms with Crippen molar-refractivity contribution in [2.24, 2.45) is 5.92 Å². The molecule has 1 unspecified atom stereocenters. The molecular weight excluding hydrogens is 224 g/mol. The number of carbonyl (C=O) groups excluding carboxylic acids is 1. The van der Waals surface area contributed by atoms with Gasteiger partial charge in [0, 0.05) is 19.3 Å². The molecule has 1 atom stereocenters. The van der Waals surface area contributed by atoms with Gasteiger partial charge in [0.25, 0.3) is 0 Å². The monoisotopic (exact) mass is 240 g/mol. The predicted octanol–water partition coefficient (Wildman–Crippen LogP) is 0.745. The van der Waals surface area contributed by atoms with E-state index < -0.39 is 17.9 Å². The number of aliphatic carboxylic acids is 1. The molecule has 1 rings (SSSR count). The van der Waals surface area contributed by atoms with E-state index in [1.165, 1.54) is 13.1 Å². The normalized spacial score (nSPS) is 11.9. The Labute approximate surface area is 98.8 Å². The number of carbonyl (C=O) groups is 2. The van der Waals surface area contributed by atoms with Crippen molar-refractivity contribution >= 4 is 17.7 Å². The number of urea groups is 1. The van der Waals surface area contributed by atoms with E-state index in [0.29, 0.717) is 5.69 Å². The Kier molecular flexibility index (Phi) is 4.50. The van der Waals surface area contributed by atoms with Crippen LogP contribution in [0.1, 0.15) is 13.8 Å². The lowest BCUT2D eigenvalue weighted by molar-refractivity contribution is -0.140. The number of aryl methyl sites for hydroxylation is 1. The highest BCUT2D eigenvalue weighted by molar-refractivity contribution is 5.89. The Bertz CT molecular complexity index is 402. The topological polar surface area (TPSA) is 96.2 Å². The Morgan fingerprint density at radius 1 is 1.59 bits per heavy atom. The van der Waals surface area contributed by atoms with E-state index in [0.717, 1.165) is 6.54 Å². The van der Waals surface area contributed by atoms with Gasteiger partial charge in [0.05, 0.1) is 17.8 Å². The van der Waals surface area contributed by atoms with E-state index in [4.69, 9.17) is 5.11 Å². The number of carboxylic acid groups (broad SMARTS) is 1. The summed E-state index contributed by atoms with van der Waals surface area (Å²) >= 11 is 0. The van der Waals surface area contributed by atoms with Crippen LogP contribution in [0.25, 0.3) is 0 Å². The van der Waals surface area contributed by atoms with Crippen LogP contribution in [0.5, 0.6) is 0 Å². The lowest BCUT2D eigenvalue weighted by Crippen LogP contribution is -2.34. The van der Waals surface area contributed by atoms with Crippen molar-refractivity contribution in [2.45, 2.75) is 20.4 Å². The fourth-order valence-electron chi connectivity index (χ4n) is 1.11.